The minimum Gasteiger partial charge on any atom is -0.504 e. The summed E-state index contributed by atoms with van der Waals surface area (Å²) < 4.78 is 9.52. The van der Waals surface area contributed by atoms with Gasteiger partial charge in [-0.05, 0) is 49.7 Å². The van der Waals surface area contributed by atoms with E-state index in [9.17, 15) is 19.5 Å². The Morgan fingerprint density at radius 1 is 1.18 bits per heavy atom. The number of rotatable bonds is 7. The van der Waals surface area contributed by atoms with E-state index < -0.39 is 11.2 Å². The number of imidazole rings is 1. The van der Waals surface area contributed by atoms with Gasteiger partial charge in [0.2, 0.25) is 5.91 Å². The van der Waals surface area contributed by atoms with Crippen LogP contribution in [0, 0.1) is 0 Å². The topological polar surface area (TPSA) is 115 Å². The van der Waals surface area contributed by atoms with Gasteiger partial charge < -0.3 is 19.3 Å². The van der Waals surface area contributed by atoms with Gasteiger partial charge in [0.15, 0.2) is 22.7 Å². The van der Waals surface area contributed by atoms with Crippen LogP contribution in [0.4, 0.5) is 0 Å². The van der Waals surface area contributed by atoms with E-state index in [1.54, 1.807) is 52.8 Å². The van der Waals surface area contributed by atoms with Gasteiger partial charge in [0.25, 0.3) is 5.56 Å². The van der Waals surface area contributed by atoms with Crippen LogP contribution in [-0.4, -0.2) is 77.4 Å². The molecule has 1 unspecified atom stereocenters. The molecular formula is C26H32N6O5S. The normalized spacial score (nSPS) is 18.3. The highest BCUT2D eigenvalue weighted by Crippen LogP contribution is 2.33. The number of amides is 1. The van der Waals surface area contributed by atoms with Crippen LogP contribution in [0.25, 0.3) is 17.2 Å². The molecule has 3 aromatic rings. The molecule has 12 heteroatoms. The smallest absolute Gasteiger partial charge is 0.332 e. The third-order valence-corrected chi connectivity index (χ3v) is 8.46. The molecule has 1 N–H and O–H groups in total. The number of aromatic hydroxyl groups is 1. The average molecular weight is 541 g/mol. The number of fused-ring (bicyclic) bond motifs is 1. The molecule has 0 bridgehead atoms. The third-order valence-electron chi connectivity index (χ3n) is 7.25. The molecule has 0 spiro atoms. The highest BCUT2D eigenvalue weighted by Gasteiger charge is 2.29. The van der Waals surface area contributed by atoms with Crippen LogP contribution in [0.2, 0.25) is 0 Å². The van der Waals surface area contributed by atoms with Crippen LogP contribution in [0.15, 0.2) is 34.1 Å². The van der Waals surface area contributed by atoms with Crippen molar-refractivity contribution in [3.8, 4) is 11.5 Å². The number of benzene rings is 1. The van der Waals surface area contributed by atoms with Crippen molar-refractivity contribution < 1.29 is 14.6 Å². The van der Waals surface area contributed by atoms with E-state index in [2.05, 4.69) is 9.88 Å². The predicted molar refractivity (Wildman–Crippen MR) is 146 cm³/mol. The Morgan fingerprint density at radius 2 is 1.95 bits per heavy atom. The first-order valence-corrected chi connectivity index (χ1v) is 13.7. The predicted octanol–water partition coefficient (Wildman–Crippen LogP) is 1.36. The molecule has 1 amide bonds. The second-order valence-electron chi connectivity index (χ2n) is 9.68. The molecule has 1 atom stereocenters. The quantitative estimate of drug-likeness (QED) is 0.447. The number of ether oxygens (including phenoxy) is 1. The SMILES string of the molecule is COc1cc(C=CC(=O)N2CCSC2Cn2cnc3c2c(=O)n(C)c(=O)n3C)cc(CN2CCCC2)c1O. The largest absolute Gasteiger partial charge is 0.504 e. The number of hydrogen-bond acceptors (Lipinski definition) is 8. The minimum atomic E-state index is -0.431. The summed E-state index contributed by atoms with van der Waals surface area (Å²) in [6, 6.07) is 3.62. The van der Waals surface area contributed by atoms with Crippen molar-refractivity contribution in [1.29, 1.82) is 0 Å². The van der Waals surface area contributed by atoms with Gasteiger partial charge in [-0.25, -0.2) is 9.78 Å². The monoisotopic (exact) mass is 540 g/mol. The second-order valence-corrected chi connectivity index (χ2v) is 11.0. The van der Waals surface area contributed by atoms with Crippen molar-refractivity contribution in [1.82, 2.24) is 28.5 Å². The molecule has 2 aliphatic rings. The molecule has 0 saturated carbocycles. The molecule has 2 aromatic heterocycles. The van der Waals surface area contributed by atoms with E-state index >= 15 is 0 Å². The van der Waals surface area contributed by atoms with E-state index in [1.807, 2.05) is 6.07 Å². The van der Waals surface area contributed by atoms with Crippen LogP contribution >= 0.6 is 11.8 Å². The summed E-state index contributed by atoms with van der Waals surface area (Å²) >= 11 is 1.64. The maximum atomic E-state index is 13.2. The van der Waals surface area contributed by atoms with Crippen LogP contribution in [0.3, 0.4) is 0 Å². The van der Waals surface area contributed by atoms with Gasteiger partial charge in [-0.2, -0.15) is 0 Å². The van der Waals surface area contributed by atoms with Crippen LogP contribution in [0.5, 0.6) is 11.5 Å². The molecule has 2 aliphatic heterocycles. The minimum absolute atomic E-state index is 0.134. The number of carbonyl (C=O) groups excluding carboxylic acids is 1. The van der Waals surface area contributed by atoms with E-state index in [-0.39, 0.29) is 17.0 Å². The number of carbonyl (C=O) groups is 1. The first-order chi connectivity index (χ1) is 18.3. The average Bonchev–Trinajstić information content (AvgIpc) is 3.68. The van der Waals surface area contributed by atoms with Crippen LogP contribution in [0.1, 0.15) is 24.0 Å². The third kappa shape index (κ3) is 4.85. The lowest BCUT2D eigenvalue weighted by Crippen LogP contribution is -2.39. The Bertz CT molecular complexity index is 1520. The Morgan fingerprint density at radius 3 is 2.68 bits per heavy atom. The molecule has 2 fully saturated rings. The van der Waals surface area contributed by atoms with Crippen LogP contribution in [-0.2, 0) is 32.0 Å². The lowest BCUT2D eigenvalue weighted by Gasteiger charge is -2.23. The maximum Gasteiger partial charge on any atom is 0.332 e. The number of aryl methyl sites for hydroxylation is 1. The number of phenolic OH excluding ortho intramolecular Hbond substituents is 1. The number of thioether (sulfide) groups is 1. The van der Waals surface area contributed by atoms with Crippen molar-refractivity contribution in [3.05, 3.63) is 56.5 Å². The molecule has 38 heavy (non-hydrogen) atoms. The summed E-state index contributed by atoms with van der Waals surface area (Å²) in [6.07, 6.45) is 7.15. The van der Waals surface area contributed by atoms with Gasteiger partial charge in [0, 0.05) is 44.6 Å². The number of phenols is 1. The van der Waals surface area contributed by atoms with Gasteiger partial charge >= 0.3 is 5.69 Å². The summed E-state index contributed by atoms with van der Waals surface area (Å²) in [6.45, 7) is 3.60. The van der Waals surface area contributed by atoms with E-state index in [0.29, 0.717) is 36.5 Å². The summed E-state index contributed by atoms with van der Waals surface area (Å²) in [5.41, 5.74) is 1.37. The van der Waals surface area contributed by atoms with Gasteiger partial charge in [0.1, 0.15) is 0 Å². The van der Waals surface area contributed by atoms with E-state index in [4.69, 9.17) is 4.74 Å². The lowest BCUT2D eigenvalue weighted by molar-refractivity contribution is -0.126. The van der Waals surface area contributed by atoms with Crippen molar-refractivity contribution in [2.24, 2.45) is 14.1 Å². The number of methoxy groups -OCH3 is 1. The lowest BCUT2D eigenvalue weighted by atomic mass is 10.1. The molecule has 11 nitrogen and oxygen atoms in total. The first-order valence-electron chi connectivity index (χ1n) is 12.6. The Hall–Kier alpha value is -3.51. The van der Waals surface area contributed by atoms with E-state index in [0.717, 1.165) is 47.4 Å². The number of likely N-dealkylation sites (tertiary alicyclic amines) is 1. The molecule has 202 valence electrons. The Kier molecular flexibility index (Phi) is 7.35. The van der Waals surface area contributed by atoms with Gasteiger partial charge in [-0.15, -0.1) is 11.8 Å². The molecule has 1 aromatic carbocycles. The fourth-order valence-electron chi connectivity index (χ4n) is 5.13. The number of hydrogen-bond donors (Lipinski definition) is 1. The number of nitrogens with zero attached hydrogens (tertiary/aromatic N) is 6. The summed E-state index contributed by atoms with van der Waals surface area (Å²) in [7, 11) is 4.55. The molecule has 0 aliphatic carbocycles. The van der Waals surface area contributed by atoms with Crippen molar-refractivity contribution in [2.45, 2.75) is 31.3 Å². The fourth-order valence-corrected chi connectivity index (χ4v) is 6.36. The summed E-state index contributed by atoms with van der Waals surface area (Å²) in [5, 5.41) is 10.4. The zero-order valence-corrected chi connectivity index (χ0v) is 22.6. The van der Waals surface area contributed by atoms with Crippen molar-refractivity contribution >= 4 is 34.9 Å². The second kappa shape index (κ2) is 10.7. The standard InChI is InChI=1S/C26H32N6O5S/c1-28-24-22(25(35)29(2)26(28)36)31(16-27-24)15-21-32(10-11-38-21)20(33)7-6-17-12-18(14-30-8-4-5-9-30)23(34)19(13-17)37-3/h6-7,12-13,16,21,34H,4-5,8-11,14-15H2,1-3H3. The van der Waals surface area contributed by atoms with E-state index in [1.165, 1.54) is 18.7 Å². The Labute approximate surface area is 223 Å². The molecule has 4 heterocycles. The summed E-state index contributed by atoms with van der Waals surface area (Å²) in [4.78, 5) is 46.6. The Balaban J connectivity index is 1.35. The molecule has 5 rings (SSSR count). The maximum absolute atomic E-state index is 13.2. The first kappa shape index (κ1) is 26.1. The van der Waals surface area contributed by atoms with Gasteiger partial charge in [-0.3, -0.25) is 23.6 Å². The van der Waals surface area contributed by atoms with Gasteiger partial charge in [0.05, 0.1) is 25.4 Å². The zero-order chi connectivity index (χ0) is 27.0. The molecule has 0 radical (unpaired) electrons. The van der Waals surface area contributed by atoms with Crippen LogP contribution < -0.4 is 16.0 Å². The highest BCUT2D eigenvalue weighted by molar-refractivity contribution is 8.00. The highest BCUT2D eigenvalue weighted by atomic mass is 32.2. The molecular weight excluding hydrogens is 508 g/mol. The zero-order valence-electron chi connectivity index (χ0n) is 21.8. The van der Waals surface area contributed by atoms with Gasteiger partial charge in [-0.1, -0.05) is 0 Å². The summed E-state index contributed by atoms with van der Waals surface area (Å²) in [5.74, 6) is 1.15. The van der Waals surface area contributed by atoms with Crippen molar-refractivity contribution in [3.63, 3.8) is 0 Å². The number of aromatic nitrogens is 4. The van der Waals surface area contributed by atoms with Crippen molar-refractivity contribution in [2.75, 3.05) is 32.5 Å². The fraction of sp³-hybridized carbons (Fsp3) is 0.462. The molecule has 2 saturated heterocycles.